The van der Waals surface area contributed by atoms with Gasteiger partial charge in [0.15, 0.2) is 5.82 Å². The number of nitrogens with zero attached hydrogens (tertiary/aromatic N) is 3. The van der Waals surface area contributed by atoms with E-state index in [0.29, 0.717) is 5.82 Å². The summed E-state index contributed by atoms with van der Waals surface area (Å²) in [5.74, 6) is 0.730. The average molecular weight is 244 g/mol. The lowest BCUT2D eigenvalue weighted by Crippen LogP contribution is -2.36. The highest BCUT2D eigenvalue weighted by atomic mass is 16.3. The number of rotatable bonds is 1. The van der Waals surface area contributed by atoms with E-state index in [1.54, 1.807) is 6.20 Å². The minimum absolute atomic E-state index is 0.119. The molecule has 2 aromatic heterocycles. The fourth-order valence-corrected chi connectivity index (χ4v) is 2.60. The van der Waals surface area contributed by atoms with Crippen molar-refractivity contribution in [1.29, 1.82) is 0 Å². The Morgan fingerprint density at radius 2 is 2.28 bits per heavy atom. The molecule has 5 nitrogen and oxygen atoms in total. The van der Waals surface area contributed by atoms with Gasteiger partial charge >= 0.3 is 0 Å². The molecular weight excluding hydrogens is 228 g/mol. The third kappa shape index (κ3) is 1.59. The highest BCUT2D eigenvalue weighted by molar-refractivity contribution is 5.43. The summed E-state index contributed by atoms with van der Waals surface area (Å²) in [6, 6.07) is 5.51. The lowest BCUT2D eigenvalue weighted by Gasteiger charge is -2.28. The van der Waals surface area contributed by atoms with Crippen molar-refractivity contribution < 1.29 is 5.11 Å². The molecule has 0 aliphatic heterocycles. The SMILES string of the molecule is CC1(N)CCCc2nn(-c3ccccn3)c(O)c21. The average Bonchev–Trinajstić information content (AvgIpc) is 2.69. The summed E-state index contributed by atoms with van der Waals surface area (Å²) in [7, 11) is 0. The summed E-state index contributed by atoms with van der Waals surface area (Å²) in [6.45, 7) is 1.94. The lowest BCUT2D eigenvalue weighted by atomic mass is 9.82. The zero-order valence-electron chi connectivity index (χ0n) is 10.3. The number of hydrogen-bond donors (Lipinski definition) is 2. The molecule has 3 rings (SSSR count). The first-order valence-electron chi connectivity index (χ1n) is 6.11. The van der Waals surface area contributed by atoms with Crippen molar-refractivity contribution in [1.82, 2.24) is 14.8 Å². The van der Waals surface area contributed by atoms with Gasteiger partial charge in [0.25, 0.3) is 0 Å². The van der Waals surface area contributed by atoms with Crippen molar-refractivity contribution in [2.75, 3.05) is 0 Å². The Morgan fingerprint density at radius 3 is 2.94 bits per heavy atom. The molecule has 0 fully saturated rings. The van der Waals surface area contributed by atoms with Gasteiger partial charge in [0, 0.05) is 11.7 Å². The quantitative estimate of drug-likeness (QED) is 0.796. The maximum atomic E-state index is 10.3. The van der Waals surface area contributed by atoms with E-state index in [-0.39, 0.29) is 5.88 Å². The predicted molar refractivity (Wildman–Crippen MR) is 67.5 cm³/mol. The largest absolute Gasteiger partial charge is 0.493 e. The van der Waals surface area contributed by atoms with Crippen LogP contribution < -0.4 is 5.73 Å². The van der Waals surface area contributed by atoms with Crippen molar-refractivity contribution in [2.24, 2.45) is 5.73 Å². The molecule has 5 heteroatoms. The fraction of sp³-hybridized carbons (Fsp3) is 0.385. The number of fused-ring (bicyclic) bond motifs is 1. The highest BCUT2D eigenvalue weighted by Gasteiger charge is 2.35. The van der Waals surface area contributed by atoms with Crippen molar-refractivity contribution in [2.45, 2.75) is 31.7 Å². The van der Waals surface area contributed by atoms with E-state index in [4.69, 9.17) is 5.73 Å². The molecule has 0 spiro atoms. The molecule has 0 amide bonds. The van der Waals surface area contributed by atoms with Gasteiger partial charge in [-0.2, -0.15) is 9.78 Å². The molecule has 0 saturated heterocycles. The van der Waals surface area contributed by atoms with Gasteiger partial charge in [-0.25, -0.2) is 4.98 Å². The second-order valence-electron chi connectivity index (χ2n) is 5.02. The Bertz CT molecular complexity index is 574. The molecule has 1 unspecified atom stereocenters. The Morgan fingerprint density at radius 1 is 1.44 bits per heavy atom. The van der Waals surface area contributed by atoms with E-state index in [1.807, 2.05) is 25.1 Å². The molecule has 18 heavy (non-hydrogen) atoms. The second kappa shape index (κ2) is 3.81. The number of nitrogens with two attached hydrogens (primary N) is 1. The smallest absolute Gasteiger partial charge is 0.221 e. The van der Waals surface area contributed by atoms with Crippen LogP contribution in [0.15, 0.2) is 24.4 Å². The highest BCUT2D eigenvalue weighted by Crippen LogP contribution is 2.39. The van der Waals surface area contributed by atoms with Gasteiger partial charge in [-0.3, -0.25) is 0 Å². The van der Waals surface area contributed by atoms with Crippen molar-refractivity contribution in [3.8, 4) is 11.7 Å². The topological polar surface area (TPSA) is 77.0 Å². The molecule has 0 bridgehead atoms. The Balaban J connectivity index is 2.18. The van der Waals surface area contributed by atoms with Crippen molar-refractivity contribution in [3.05, 3.63) is 35.7 Å². The first-order chi connectivity index (χ1) is 8.59. The van der Waals surface area contributed by atoms with Crippen molar-refractivity contribution in [3.63, 3.8) is 0 Å². The number of aromatic hydroxyl groups is 1. The lowest BCUT2D eigenvalue weighted by molar-refractivity contribution is 0.371. The summed E-state index contributed by atoms with van der Waals surface area (Å²) < 4.78 is 1.47. The summed E-state index contributed by atoms with van der Waals surface area (Å²) in [5.41, 5.74) is 7.39. The van der Waals surface area contributed by atoms with Crippen LogP contribution in [0.2, 0.25) is 0 Å². The van der Waals surface area contributed by atoms with Crippen LogP contribution in [0, 0.1) is 0 Å². The van der Waals surface area contributed by atoms with E-state index in [9.17, 15) is 5.11 Å². The van der Waals surface area contributed by atoms with Gasteiger partial charge in [-0.15, -0.1) is 0 Å². The Kier molecular flexibility index (Phi) is 2.38. The van der Waals surface area contributed by atoms with E-state index in [0.717, 1.165) is 30.5 Å². The molecule has 1 atom stereocenters. The van der Waals surface area contributed by atoms with Gasteiger partial charge in [0.05, 0.1) is 11.3 Å². The molecule has 1 aliphatic rings. The standard InChI is InChI=1S/C13H16N4O/c1-13(14)7-4-5-9-11(13)12(18)17(16-9)10-6-2-3-8-15-10/h2-3,6,8,18H,4-5,7,14H2,1H3. The normalized spacial score (nSPS) is 22.8. The molecule has 0 saturated carbocycles. The summed E-state index contributed by atoms with van der Waals surface area (Å²) in [4.78, 5) is 4.20. The molecule has 2 aromatic rings. The van der Waals surface area contributed by atoms with E-state index < -0.39 is 5.54 Å². The van der Waals surface area contributed by atoms with Crippen LogP contribution in [0.3, 0.4) is 0 Å². The van der Waals surface area contributed by atoms with Crippen LogP contribution in [0.4, 0.5) is 0 Å². The van der Waals surface area contributed by atoms with E-state index >= 15 is 0 Å². The van der Waals surface area contributed by atoms with Crippen molar-refractivity contribution >= 4 is 0 Å². The van der Waals surface area contributed by atoms with Gasteiger partial charge in [0.2, 0.25) is 5.88 Å². The summed E-state index contributed by atoms with van der Waals surface area (Å²) in [5, 5.41) is 14.8. The van der Waals surface area contributed by atoms with Crippen LogP contribution in [0.5, 0.6) is 5.88 Å². The molecule has 0 aromatic carbocycles. The zero-order chi connectivity index (χ0) is 12.8. The van der Waals surface area contributed by atoms with Crippen LogP contribution in [0.25, 0.3) is 5.82 Å². The minimum Gasteiger partial charge on any atom is -0.493 e. The van der Waals surface area contributed by atoms with Crippen LogP contribution in [0.1, 0.15) is 31.0 Å². The minimum atomic E-state index is -0.509. The molecule has 3 N–H and O–H groups in total. The van der Waals surface area contributed by atoms with Crippen LogP contribution in [-0.4, -0.2) is 19.9 Å². The Hall–Kier alpha value is -1.88. The molecular formula is C13H16N4O. The summed E-state index contributed by atoms with van der Waals surface area (Å²) in [6.07, 6.45) is 4.40. The van der Waals surface area contributed by atoms with E-state index in [1.165, 1.54) is 4.68 Å². The first-order valence-corrected chi connectivity index (χ1v) is 6.11. The van der Waals surface area contributed by atoms with E-state index in [2.05, 4.69) is 10.1 Å². The van der Waals surface area contributed by atoms with Gasteiger partial charge in [0.1, 0.15) is 0 Å². The summed E-state index contributed by atoms with van der Waals surface area (Å²) >= 11 is 0. The maximum absolute atomic E-state index is 10.3. The monoisotopic (exact) mass is 244 g/mol. The zero-order valence-corrected chi connectivity index (χ0v) is 10.3. The third-order valence-corrected chi connectivity index (χ3v) is 3.48. The molecule has 94 valence electrons. The molecule has 0 radical (unpaired) electrons. The first kappa shape index (κ1) is 11.2. The number of aryl methyl sites for hydroxylation is 1. The van der Waals surface area contributed by atoms with Gasteiger partial charge in [-0.05, 0) is 38.3 Å². The Labute approximate surface area is 105 Å². The van der Waals surface area contributed by atoms with Gasteiger partial charge < -0.3 is 10.8 Å². The molecule has 2 heterocycles. The van der Waals surface area contributed by atoms with Crippen LogP contribution in [-0.2, 0) is 12.0 Å². The number of hydrogen-bond acceptors (Lipinski definition) is 4. The van der Waals surface area contributed by atoms with Gasteiger partial charge in [-0.1, -0.05) is 6.07 Å². The predicted octanol–water partition coefficient (Wildman–Crippen LogP) is 1.48. The number of pyridine rings is 1. The fourth-order valence-electron chi connectivity index (χ4n) is 2.60. The second-order valence-corrected chi connectivity index (χ2v) is 5.02. The van der Waals surface area contributed by atoms with Crippen LogP contribution >= 0.6 is 0 Å². The molecule has 1 aliphatic carbocycles. The maximum Gasteiger partial charge on any atom is 0.221 e. The number of aromatic nitrogens is 3. The third-order valence-electron chi connectivity index (χ3n) is 3.48.